The molecule has 8 nitrogen and oxygen atoms in total. The maximum atomic E-state index is 13.3. The molecule has 0 atom stereocenters. The molecule has 0 saturated heterocycles. The number of nitrogens with one attached hydrogen (secondary N) is 1. The van der Waals surface area contributed by atoms with Crippen molar-refractivity contribution in [3.05, 3.63) is 81.8 Å². The fourth-order valence-electron chi connectivity index (χ4n) is 3.77. The Balaban J connectivity index is 2.00. The number of hydrogen-bond acceptors (Lipinski definition) is 6. The minimum absolute atomic E-state index is 0.0525. The van der Waals surface area contributed by atoms with Crippen molar-refractivity contribution in [2.24, 2.45) is 0 Å². The summed E-state index contributed by atoms with van der Waals surface area (Å²) in [7, 11) is 0. The third kappa shape index (κ3) is 3.98. The van der Waals surface area contributed by atoms with Crippen molar-refractivity contribution in [1.29, 1.82) is 0 Å². The summed E-state index contributed by atoms with van der Waals surface area (Å²) in [6.07, 6.45) is 0. The van der Waals surface area contributed by atoms with E-state index in [1.165, 1.54) is 17.7 Å². The van der Waals surface area contributed by atoms with Gasteiger partial charge in [0, 0.05) is 28.9 Å². The largest absolute Gasteiger partial charge is 0.478 e. The number of aromatic nitrogens is 3. The Morgan fingerprint density at radius 2 is 1.79 bits per heavy atom. The van der Waals surface area contributed by atoms with E-state index in [2.05, 4.69) is 15.4 Å². The topological polar surface area (TPSA) is 114 Å². The van der Waals surface area contributed by atoms with Crippen molar-refractivity contribution in [2.75, 3.05) is 5.32 Å². The summed E-state index contributed by atoms with van der Waals surface area (Å²) in [6, 6.07) is 15.7. The van der Waals surface area contributed by atoms with E-state index in [1.807, 2.05) is 30.3 Å². The second kappa shape index (κ2) is 8.66. The number of carbonyl (C=O) groups excluding carboxylic acids is 1. The lowest BCUT2D eigenvalue weighted by atomic mass is 10.0. The number of carbonyl (C=O) groups is 2. The van der Waals surface area contributed by atoms with Gasteiger partial charge >= 0.3 is 5.97 Å². The van der Waals surface area contributed by atoms with Gasteiger partial charge in [-0.2, -0.15) is 5.10 Å². The Labute approximate surface area is 189 Å². The van der Waals surface area contributed by atoms with Crippen molar-refractivity contribution in [3.63, 3.8) is 0 Å². The van der Waals surface area contributed by atoms with Crippen molar-refractivity contribution < 1.29 is 14.7 Å². The van der Waals surface area contributed by atoms with E-state index >= 15 is 0 Å². The van der Waals surface area contributed by atoms with Gasteiger partial charge in [0.25, 0.3) is 5.56 Å². The number of rotatable bonds is 6. The molecule has 4 rings (SSSR count). The zero-order valence-electron chi connectivity index (χ0n) is 18.4. The highest BCUT2D eigenvalue weighted by molar-refractivity contribution is 6.09. The van der Waals surface area contributed by atoms with Gasteiger partial charge in [0.1, 0.15) is 11.4 Å². The molecule has 0 fully saturated rings. The first-order valence-corrected chi connectivity index (χ1v) is 10.4. The Hall–Kier alpha value is -4.33. The summed E-state index contributed by atoms with van der Waals surface area (Å²) in [6.45, 7) is 5.27. The molecule has 0 unspecified atom stereocenters. The number of fused-ring (bicyclic) bond motifs is 1. The first-order chi connectivity index (χ1) is 15.8. The second-order valence-electron chi connectivity index (χ2n) is 7.58. The van der Waals surface area contributed by atoms with E-state index in [9.17, 15) is 19.5 Å². The number of nitrogens with zero attached hydrogens (tertiary/aromatic N) is 3. The molecule has 0 spiro atoms. The van der Waals surface area contributed by atoms with Crippen LogP contribution in [0.2, 0.25) is 0 Å². The summed E-state index contributed by atoms with van der Waals surface area (Å²) in [5.41, 5.74) is 2.39. The summed E-state index contributed by atoms with van der Waals surface area (Å²) in [5.74, 6) is -1.41. The van der Waals surface area contributed by atoms with Gasteiger partial charge in [-0.25, -0.2) is 9.48 Å². The average Bonchev–Trinajstić information content (AvgIpc) is 2.80. The molecule has 0 bridgehead atoms. The van der Waals surface area contributed by atoms with Crippen LogP contribution in [0.4, 0.5) is 11.4 Å². The minimum Gasteiger partial charge on any atom is -0.478 e. The lowest BCUT2D eigenvalue weighted by Crippen LogP contribution is -2.28. The Bertz CT molecular complexity index is 1460. The predicted octanol–water partition coefficient (Wildman–Crippen LogP) is 4.43. The highest BCUT2D eigenvalue weighted by atomic mass is 16.4. The van der Waals surface area contributed by atoms with E-state index in [0.29, 0.717) is 40.1 Å². The van der Waals surface area contributed by atoms with E-state index in [0.717, 1.165) is 0 Å². The van der Waals surface area contributed by atoms with Gasteiger partial charge in [-0.05, 0) is 45.0 Å². The molecule has 0 aliphatic heterocycles. The van der Waals surface area contributed by atoms with E-state index in [1.54, 1.807) is 32.0 Å². The molecule has 4 aromatic rings. The van der Waals surface area contributed by atoms with Gasteiger partial charge in [-0.3, -0.25) is 14.6 Å². The van der Waals surface area contributed by atoms with Crippen LogP contribution in [0.15, 0.2) is 59.4 Å². The quantitative estimate of drug-likeness (QED) is 0.425. The molecule has 2 aromatic heterocycles. The van der Waals surface area contributed by atoms with Gasteiger partial charge < -0.3 is 10.4 Å². The summed E-state index contributed by atoms with van der Waals surface area (Å²) < 4.78 is 1.30. The average molecular weight is 442 g/mol. The number of aromatic carboxylic acids is 1. The summed E-state index contributed by atoms with van der Waals surface area (Å²) >= 11 is 0. The molecule has 0 saturated carbocycles. The number of hydrogen-bond donors (Lipinski definition) is 2. The van der Waals surface area contributed by atoms with Gasteiger partial charge in [-0.1, -0.05) is 30.3 Å². The third-order valence-corrected chi connectivity index (χ3v) is 5.34. The molecule has 166 valence electrons. The molecule has 8 heteroatoms. The molecule has 0 aliphatic rings. The number of benzene rings is 2. The maximum Gasteiger partial charge on any atom is 0.337 e. The number of ketones is 1. The molecular formula is C25H22N4O4. The molecule has 2 N–H and O–H groups in total. The molecule has 0 amide bonds. The van der Waals surface area contributed by atoms with Crippen molar-refractivity contribution in [1.82, 2.24) is 14.8 Å². The molecular weight excluding hydrogens is 420 g/mol. The first-order valence-electron chi connectivity index (χ1n) is 10.4. The van der Waals surface area contributed by atoms with Crippen molar-refractivity contribution in [2.45, 2.75) is 27.3 Å². The van der Waals surface area contributed by atoms with Crippen LogP contribution in [0.5, 0.6) is 0 Å². The normalized spacial score (nSPS) is 10.9. The van der Waals surface area contributed by atoms with Crippen LogP contribution in [-0.2, 0) is 6.54 Å². The van der Waals surface area contributed by atoms with Gasteiger partial charge in [0.15, 0.2) is 5.78 Å². The van der Waals surface area contributed by atoms with E-state index in [4.69, 9.17) is 0 Å². The van der Waals surface area contributed by atoms with Crippen LogP contribution in [0.1, 0.15) is 40.3 Å². The minimum atomic E-state index is -1.10. The molecule has 0 radical (unpaired) electrons. The predicted molar refractivity (Wildman–Crippen MR) is 126 cm³/mol. The summed E-state index contributed by atoms with van der Waals surface area (Å²) in [5, 5.41) is 17.7. The zero-order valence-corrected chi connectivity index (χ0v) is 18.4. The SMILES string of the molecule is CCn1nc(-c2ccccc2)c(C(C)=O)c(Nc2ccc(C(=O)O)c3nc(C)ccc23)c1=O. The van der Waals surface area contributed by atoms with Crippen LogP contribution in [0, 0.1) is 6.92 Å². The molecule has 0 aliphatic carbocycles. The smallest absolute Gasteiger partial charge is 0.337 e. The fourth-order valence-corrected chi connectivity index (χ4v) is 3.77. The summed E-state index contributed by atoms with van der Waals surface area (Å²) in [4.78, 5) is 42.1. The standard InChI is InChI=1S/C25H22N4O4/c1-4-29-24(31)23(20(15(3)30)21(28-29)16-8-6-5-7-9-16)27-19-13-12-18(25(32)33)22-17(19)11-10-14(2)26-22/h5-13,27H,4H2,1-3H3,(H,32,33). The van der Waals surface area contributed by atoms with E-state index < -0.39 is 11.5 Å². The maximum absolute atomic E-state index is 13.3. The first kappa shape index (κ1) is 21.9. The van der Waals surface area contributed by atoms with Crippen molar-refractivity contribution >= 4 is 34.0 Å². The highest BCUT2D eigenvalue weighted by Gasteiger charge is 2.23. The van der Waals surface area contributed by atoms with E-state index in [-0.39, 0.29) is 22.6 Å². The Morgan fingerprint density at radius 1 is 1.06 bits per heavy atom. The van der Waals surface area contributed by atoms with Crippen LogP contribution < -0.4 is 10.9 Å². The Kier molecular flexibility index (Phi) is 5.74. The van der Waals surface area contributed by atoms with Crippen LogP contribution in [-0.4, -0.2) is 31.6 Å². The van der Waals surface area contributed by atoms with Crippen LogP contribution in [0.3, 0.4) is 0 Å². The number of pyridine rings is 1. The number of Topliss-reactive ketones (excluding diaryl/α,β-unsaturated/α-hetero) is 1. The molecule has 2 heterocycles. The Morgan fingerprint density at radius 3 is 2.42 bits per heavy atom. The van der Waals surface area contributed by atoms with Crippen LogP contribution >= 0.6 is 0 Å². The zero-order chi connectivity index (χ0) is 23.7. The molecule has 33 heavy (non-hydrogen) atoms. The van der Waals surface area contributed by atoms with Crippen molar-refractivity contribution in [3.8, 4) is 11.3 Å². The number of carboxylic acid groups (broad SMARTS) is 1. The van der Waals surface area contributed by atoms with Gasteiger partial charge in [0.05, 0.1) is 16.6 Å². The highest BCUT2D eigenvalue weighted by Crippen LogP contribution is 2.31. The van der Waals surface area contributed by atoms with Gasteiger partial charge in [-0.15, -0.1) is 0 Å². The lowest BCUT2D eigenvalue weighted by Gasteiger charge is -2.17. The third-order valence-electron chi connectivity index (χ3n) is 5.34. The monoisotopic (exact) mass is 442 g/mol. The fraction of sp³-hybridized carbons (Fsp3) is 0.160. The number of anilines is 2. The molecule has 2 aromatic carbocycles. The van der Waals surface area contributed by atoms with Crippen LogP contribution in [0.25, 0.3) is 22.2 Å². The number of carboxylic acids is 1. The van der Waals surface area contributed by atoms with Gasteiger partial charge in [0.2, 0.25) is 0 Å². The second-order valence-corrected chi connectivity index (χ2v) is 7.58. The number of aryl methyl sites for hydroxylation is 2. The lowest BCUT2D eigenvalue weighted by molar-refractivity contribution is 0.0698.